The lowest BCUT2D eigenvalue weighted by molar-refractivity contribution is -0.00174. The summed E-state index contributed by atoms with van der Waals surface area (Å²) in [6.45, 7) is 6.34. The normalized spacial score (nSPS) is 17.5. The van der Waals surface area contributed by atoms with Gasteiger partial charge in [0.15, 0.2) is 0 Å². The molecule has 0 saturated heterocycles. The fraction of sp³-hybridized carbons (Fsp3) is 0.500. The Hall–Kier alpha value is -1.27. The molecule has 5 nitrogen and oxygen atoms in total. The summed E-state index contributed by atoms with van der Waals surface area (Å²) in [5.41, 5.74) is 9.12. The maximum Gasteiger partial charge on any atom is 0.674 e. The highest BCUT2D eigenvalue weighted by atomic mass is 19.1. The first-order valence-corrected chi connectivity index (χ1v) is 5.37. The van der Waals surface area contributed by atoms with Crippen molar-refractivity contribution in [2.75, 3.05) is 13.1 Å². The minimum absolute atomic E-state index is 0.348. The third kappa shape index (κ3) is 6.81. The monoisotopic (exact) mass is 241 g/mol. The van der Waals surface area contributed by atoms with Crippen molar-refractivity contribution in [3.8, 4) is 0 Å². The van der Waals surface area contributed by atoms with Gasteiger partial charge in [-0.3, -0.25) is 9.22 Å². The highest BCUT2D eigenvalue weighted by Gasteiger charge is 2.13. The molecule has 94 valence electrons. The van der Waals surface area contributed by atoms with Crippen LogP contribution in [0.3, 0.4) is 0 Å². The maximum absolute atomic E-state index is 10.1. The predicted molar refractivity (Wildman–Crippen MR) is 64.9 cm³/mol. The van der Waals surface area contributed by atoms with Crippen LogP contribution in [-0.2, 0) is 0 Å². The first-order chi connectivity index (χ1) is 8.04. The van der Waals surface area contributed by atoms with Gasteiger partial charge in [-0.1, -0.05) is 26.0 Å². The first kappa shape index (κ1) is 15.7. The Morgan fingerprint density at radius 1 is 1.35 bits per heavy atom. The van der Waals surface area contributed by atoms with Gasteiger partial charge in [-0.25, -0.2) is 0 Å². The standard InChI is InChI=1S/C10H15N3.BFH2O2/c1-3-13(4-2)10-7-5-9(12-11)6-8-10;2-1(3)4/h5-8,10H,3-4H2,1-2H3;3-4H. The Kier molecular flexibility index (Phi) is 8.18. The van der Waals surface area contributed by atoms with Crippen LogP contribution in [0.25, 0.3) is 5.53 Å². The maximum atomic E-state index is 10.1. The summed E-state index contributed by atoms with van der Waals surface area (Å²) < 4.78 is 10.1. The lowest BCUT2D eigenvalue weighted by atomic mass is 10.1. The van der Waals surface area contributed by atoms with Crippen LogP contribution < -0.4 is 0 Å². The molecule has 0 fully saturated rings. The molecule has 0 atom stereocenters. The summed E-state index contributed by atoms with van der Waals surface area (Å²) in [7, 11) is -2.67. The summed E-state index contributed by atoms with van der Waals surface area (Å²) in [5.74, 6) is 0. The van der Waals surface area contributed by atoms with Crippen molar-refractivity contribution in [3.63, 3.8) is 0 Å². The van der Waals surface area contributed by atoms with E-state index in [1.165, 1.54) is 0 Å². The van der Waals surface area contributed by atoms with Gasteiger partial charge < -0.3 is 15.6 Å². The Bertz CT molecular complexity index is 305. The van der Waals surface area contributed by atoms with Crippen molar-refractivity contribution in [2.24, 2.45) is 0 Å². The smallest absolute Gasteiger partial charge is 0.398 e. The Morgan fingerprint density at radius 3 is 2.06 bits per heavy atom. The van der Waals surface area contributed by atoms with Crippen LogP contribution in [0.2, 0.25) is 0 Å². The Labute approximate surface area is 101 Å². The molecule has 1 aliphatic carbocycles. The molecule has 0 amide bonds. The Balaban J connectivity index is 0.000000557. The number of allylic oxidation sites excluding steroid dienone is 2. The average molecular weight is 241 g/mol. The van der Waals surface area contributed by atoms with Crippen molar-refractivity contribution >= 4 is 13.1 Å². The van der Waals surface area contributed by atoms with Gasteiger partial charge in [-0.05, 0) is 13.1 Å². The molecule has 0 unspecified atom stereocenters. The number of hydrogen-bond acceptors (Lipinski definition) is 3. The van der Waals surface area contributed by atoms with Crippen molar-refractivity contribution < 1.29 is 19.2 Å². The minimum Gasteiger partial charge on any atom is -0.398 e. The summed E-state index contributed by atoms with van der Waals surface area (Å²) in [5, 5.41) is 13.9. The first-order valence-electron chi connectivity index (χ1n) is 5.37. The number of halogens is 1. The van der Waals surface area contributed by atoms with Crippen molar-refractivity contribution in [1.82, 2.24) is 4.90 Å². The molecule has 0 heterocycles. The summed E-state index contributed by atoms with van der Waals surface area (Å²) in [6, 6.07) is 0.348. The van der Waals surface area contributed by atoms with Crippen molar-refractivity contribution in [2.45, 2.75) is 19.9 Å². The molecular weight excluding hydrogens is 224 g/mol. The van der Waals surface area contributed by atoms with Gasteiger partial charge in [0.25, 0.3) is 0 Å². The molecule has 0 saturated carbocycles. The highest BCUT2D eigenvalue weighted by Crippen LogP contribution is 2.07. The molecule has 2 N–H and O–H groups in total. The predicted octanol–water partition coefficient (Wildman–Crippen LogP) is 0.419. The van der Waals surface area contributed by atoms with E-state index in [2.05, 4.69) is 23.5 Å². The molecule has 0 aromatic carbocycles. The van der Waals surface area contributed by atoms with Crippen LogP contribution >= 0.6 is 0 Å². The lowest BCUT2D eigenvalue weighted by Crippen LogP contribution is -2.33. The van der Waals surface area contributed by atoms with E-state index in [1.807, 2.05) is 24.3 Å². The zero-order chi connectivity index (χ0) is 13.3. The second-order valence-corrected chi connectivity index (χ2v) is 3.27. The number of nitrogens with zero attached hydrogens (tertiary/aromatic N) is 3. The van der Waals surface area contributed by atoms with E-state index >= 15 is 0 Å². The lowest BCUT2D eigenvalue weighted by Gasteiger charge is -2.24. The van der Waals surface area contributed by atoms with E-state index in [0.717, 1.165) is 13.1 Å². The van der Waals surface area contributed by atoms with Gasteiger partial charge in [0.2, 0.25) is 0 Å². The van der Waals surface area contributed by atoms with Crippen molar-refractivity contribution in [3.05, 3.63) is 29.8 Å². The molecule has 17 heavy (non-hydrogen) atoms. The SMILES string of the molecule is CCN(CC)C1C=CC(=[N+]=[N-])C=C1.OB(O)F. The van der Waals surface area contributed by atoms with Crippen LogP contribution in [-0.4, -0.2) is 52.0 Å². The second kappa shape index (κ2) is 8.84. The third-order valence-electron chi connectivity index (χ3n) is 2.28. The third-order valence-corrected chi connectivity index (χ3v) is 2.28. The van der Waals surface area contributed by atoms with Gasteiger partial charge in [0.05, 0.1) is 0 Å². The van der Waals surface area contributed by atoms with Gasteiger partial charge in [-0.15, -0.1) is 0 Å². The molecule has 1 aliphatic rings. The van der Waals surface area contributed by atoms with E-state index < -0.39 is 7.40 Å². The molecule has 0 spiro atoms. The molecule has 0 aromatic heterocycles. The zero-order valence-electron chi connectivity index (χ0n) is 9.99. The van der Waals surface area contributed by atoms with Crippen LogP contribution in [0.5, 0.6) is 0 Å². The molecule has 0 bridgehead atoms. The van der Waals surface area contributed by atoms with Gasteiger partial charge >= 0.3 is 13.1 Å². The molecule has 0 aromatic rings. The summed E-state index contributed by atoms with van der Waals surface area (Å²) >= 11 is 0. The van der Waals surface area contributed by atoms with Crippen LogP contribution in [0.4, 0.5) is 4.32 Å². The second-order valence-electron chi connectivity index (χ2n) is 3.27. The molecule has 0 radical (unpaired) electrons. The summed E-state index contributed by atoms with van der Waals surface area (Å²) in [4.78, 5) is 5.44. The Morgan fingerprint density at radius 2 is 1.76 bits per heavy atom. The number of hydrogen-bond donors (Lipinski definition) is 2. The van der Waals surface area contributed by atoms with Gasteiger partial charge in [0, 0.05) is 18.2 Å². The molecule has 1 rings (SSSR count). The zero-order valence-corrected chi connectivity index (χ0v) is 9.99. The fourth-order valence-electron chi connectivity index (χ4n) is 1.47. The highest BCUT2D eigenvalue weighted by molar-refractivity contribution is 6.31. The minimum atomic E-state index is -2.67. The molecule has 0 aliphatic heterocycles. The van der Waals surface area contributed by atoms with Gasteiger partial charge in [0.1, 0.15) is 0 Å². The fourth-order valence-corrected chi connectivity index (χ4v) is 1.47. The number of rotatable bonds is 3. The summed E-state index contributed by atoms with van der Waals surface area (Å²) in [6.07, 6.45) is 7.76. The van der Waals surface area contributed by atoms with E-state index in [4.69, 9.17) is 15.6 Å². The topological polar surface area (TPSA) is 80.1 Å². The largest absolute Gasteiger partial charge is 0.674 e. The molecular formula is C10H17BFN3O2. The van der Waals surface area contributed by atoms with E-state index in [-0.39, 0.29) is 0 Å². The average Bonchev–Trinajstić information content (AvgIpc) is 2.31. The van der Waals surface area contributed by atoms with Crippen LogP contribution in [0.1, 0.15) is 13.8 Å². The quantitative estimate of drug-likeness (QED) is 0.427. The van der Waals surface area contributed by atoms with Crippen LogP contribution in [0.15, 0.2) is 24.3 Å². The van der Waals surface area contributed by atoms with E-state index in [0.29, 0.717) is 11.8 Å². The van der Waals surface area contributed by atoms with Gasteiger partial charge in [-0.2, -0.15) is 4.79 Å². The molecule has 7 heteroatoms. The van der Waals surface area contributed by atoms with E-state index in [1.54, 1.807) is 0 Å². The number of likely N-dealkylation sites (N-methyl/N-ethyl adjacent to an activating group) is 1. The van der Waals surface area contributed by atoms with Crippen LogP contribution in [0, 0.1) is 0 Å². The van der Waals surface area contributed by atoms with E-state index in [9.17, 15) is 4.32 Å². The van der Waals surface area contributed by atoms with Crippen molar-refractivity contribution in [1.29, 1.82) is 0 Å².